The summed E-state index contributed by atoms with van der Waals surface area (Å²) in [4.78, 5) is 10.1. The van der Waals surface area contributed by atoms with Crippen molar-refractivity contribution in [3.8, 4) is 0 Å². The van der Waals surface area contributed by atoms with E-state index in [0.717, 1.165) is 17.4 Å². The first-order chi connectivity index (χ1) is 11.0. The second-order valence-corrected chi connectivity index (χ2v) is 5.95. The molecule has 3 nitrogen and oxygen atoms in total. The number of carbonyl (C=O) groups excluding carboxylic acids is 1. The van der Waals surface area contributed by atoms with Crippen molar-refractivity contribution >= 4 is 6.29 Å². The highest BCUT2D eigenvalue weighted by Gasteiger charge is 2.30. The van der Waals surface area contributed by atoms with Gasteiger partial charge >= 0.3 is 1.43 Å². The van der Waals surface area contributed by atoms with Crippen LogP contribution in [0.3, 0.4) is 0 Å². The third kappa shape index (κ3) is 5.59. The Hall–Kier alpha value is -1.97. The summed E-state index contributed by atoms with van der Waals surface area (Å²) in [5, 5.41) is 0. The predicted octanol–water partition coefficient (Wildman–Crippen LogP) is 5.37. The lowest BCUT2D eigenvalue weighted by Gasteiger charge is -2.09. The molecule has 0 unspecified atom stereocenters. The molecule has 0 bridgehead atoms. The van der Waals surface area contributed by atoms with E-state index in [0.29, 0.717) is 0 Å². The lowest BCUT2D eigenvalue weighted by atomic mass is 10.1. The molecule has 1 aliphatic rings. The molecule has 0 N–H and O–H groups in total. The number of hydrogen-bond acceptors (Lipinski definition) is 3. The summed E-state index contributed by atoms with van der Waals surface area (Å²) in [5.74, 6) is 0. The average Bonchev–Trinajstić information content (AvgIpc) is 2.89. The second-order valence-electron chi connectivity index (χ2n) is 5.95. The molecule has 0 spiro atoms. The van der Waals surface area contributed by atoms with Gasteiger partial charge in [-0.05, 0) is 27.7 Å². The zero-order valence-electron chi connectivity index (χ0n) is 15.2. The molecule has 0 saturated carbocycles. The van der Waals surface area contributed by atoms with Crippen LogP contribution in [-0.2, 0) is 9.47 Å². The minimum absolute atomic E-state index is 0. The van der Waals surface area contributed by atoms with Gasteiger partial charge in [0.1, 0.15) is 6.29 Å². The monoisotopic (exact) mass is 329 g/mol. The first-order valence-corrected chi connectivity index (χ1v) is 7.89. The Bertz CT molecular complexity index is 613. The predicted molar refractivity (Wildman–Crippen MR) is 99.4 cm³/mol. The zero-order chi connectivity index (χ0) is 16.8. The third-order valence-corrected chi connectivity index (χ3v) is 3.90. The number of aryl methyl sites for hydroxylation is 2. The summed E-state index contributed by atoms with van der Waals surface area (Å²) in [6.07, 6.45) is 1.03. The maximum atomic E-state index is 10.1. The van der Waals surface area contributed by atoms with Crippen LogP contribution in [0.1, 0.15) is 56.0 Å². The van der Waals surface area contributed by atoms with Crippen molar-refractivity contribution in [2.75, 3.05) is 0 Å². The van der Waals surface area contributed by atoms with E-state index in [2.05, 4.69) is 31.2 Å². The molecule has 0 aromatic heterocycles. The van der Waals surface area contributed by atoms with Gasteiger partial charge in [-0.15, -0.1) is 0 Å². The number of benzene rings is 2. The van der Waals surface area contributed by atoms with Crippen LogP contribution in [0.2, 0.25) is 0 Å². The van der Waals surface area contributed by atoms with Crippen LogP contribution in [0.25, 0.3) is 0 Å². The van der Waals surface area contributed by atoms with Gasteiger partial charge in [-0.1, -0.05) is 67.1 Å². The summed E-state index contributed by atoms with van der Waals surface area (Å²) in [6, 6.07) is 15.7. The molecular weight excluding hydrogens is 300 g/mol. The van der Waals surface area contributed by atoms with Gasteiger partial charge in [-0.2, -0.15) is 0 Å². The number of ether oxygens (including phenoxy) is 2. The maximum absolute atomic E-state index is 10.1. The van der Waals surface area contributed by atoms with Crippen molar-refractivity contribution in [2.45, 2.75) is 53.6 Å². The fourth-order valence-corrected chi connectivity index (χ4v) is 2.17. The number of aldehydes is 1. The Labute approximate surface area is 147 Å². The molecule has 1 fully saturated rings. The largest absolute Gasteiger partial charge is 1.00 e. The molecule has 2 aromatic rings. The van der Waals surface area contributed by atoms with Crippen LogP contribution in [0.4, 0.5) is 0 Å². The molecule has 1 saturated heterocycles. The van der Waals surface area contributed by atoms with Crippen molar-refractivity contribution in [3.05, 3.63) is 70.8 Å². The van der Waals surface area contributed by atoms with E-state index >= 15 is 0 Å². The minimum Gasteiger partial charge on any atom is -0.343 e. The average molecular weight is 329 g/mol. The second kappa shape index (κ2) is 9.36. The topological polar surface area (TPSA) is 35.5 Å². The Morgan fingerprint density at radius 3 is 1.67 bits per heavy atom. The number of carbonyl (C=O) groups is 1. The molecular formula is C21H29O3+. The van der Waals surface area contributed by atoms with Gasteiger partial charge in [0.05, 0.1) is 12.2 Å². The van der Waals surface area contributed by atoms with Crippen molar-refractivity contribution < 1.29 is 15.7 Å². The fourth-order valence-electron chi connectivity index (χ4n) is 2.17. The van der Waals surface area contributed by atoms with E-state index < -0.39 is 0 Å². The molecule has 1 heterocycles. The smallest absolute Gasteiger partial charge is 0.343 e. The molecule has 24 heavy (non-hydrogen) atoms. The van der Waals surface area contributed by atoms with Crippen LogP contribution < -0.4 is 0 Å². The zero-order valence-corrected chi connectivity index (χ0v) is 14.2. The lowest BCUT2D eigenvalue weighted by Crippen LogP contribution is -2.13. The third-order valence-electron chi connectivity index (χ3n) is 3.90. The summed E-state index contributed by atoms with van der Waals surface area (Å²) in [6.45, 7) is 8.15. The van der Waals surface area contributed by atoms with Crippen LogP contribution >= 0.6 is 0 Å². The SMILES string of the molecule is C.Cc1ccc(C2O[C@@H](C)[C@H](C)O2)cc1.Cc1ccc(C=O)cc1.[H+]. The first kappa shape index (κ1) is 20.1. The van der Waals surface area contributed by atoms with E-state index in [9.17, 15) is 4.79 Å². The lowest BCUT2D eigenvalue weighted by molar-refractivity contribution is -0.0652. The molecule has 2 aromatic carbocycles. The molecule has 1 aliphatic heterocycles. The minimum atomic E-state index is -0.180. The van der Waals surface area contributed by atoms with Gasteiger partial charge in [0, 0.05) is 11.1 Å². The van der Waals surface area contributed by atoms with Crippen molar-refractivity contribution in [3.63, 3.8) is 0 Å². The van der Waals surface area contributed by atoms with Crippen molar-refractivity contribution in [1.82, 2.24) is 0 Å². The standard InChI is InChI=1S/C12H16O2.C8H8O.CH4/c1-8-4-6-11(7-5-8)12-13-9(2)10(3)14-12;1-7-2-4-8(6-9)5-3-7;/h4-7,9-10,12H,1-3H3;2-6H,1H3;1H4/p+1/t9-,10-;;/m0../s1. The van der Waals surface area contributed by atoms with Gasteiger partial charge in [0.15, 0.2) is 6.29 Å². The summed E-state index contributed by atoms with van der Waals surface area (Å²) in [7, 11) is 0. The van der Waals surface area contributed by atoms with Gasteiger partial charge in [-0.3, -0.25) is 4.79 Å². The molecule has 3 rings (SSSR count). The molecule has 2 atom stereocenters. The summed E-state index contributed by atoms with van der Waals surface area (Å²) < 4.78 is 11.4. The van der Waals surface area contributed by atoms with E-state index in [1.165, 1.54) is 11.1 Å². The quantitative estimate of drug-likeness (QED) is 0.694. The highest BCUT2D eigenvalue weighted by Crippen LogP contribution is 2.30. The van der Waals surface area contributed by atoms with E-state index in [1.54, 1.807) is 0 Å². The summed E-state index contributed by atoms with van der Waals surface area (Å²) in [5.41, 5.74) is 4.28. The van der Waals surface area contributed by atoms with E-state index in [-0.39, 0.29) is 27.4 Å². The van der Waals surface area contributed by atoms with Gasteiger partial charge in [0.2, 0.25) is 0 Å². The Morgan fingerprint density at radius 2 is 1.25 bits per heavy atom. The van der Waals surface area contributed by atoms with Crippen LogP contribution in [-0.4, -0.2) is 18.5 Å². The molecule has 0 aliphatic carbocycles. The van der Waals surface area contributed by atoms with Gasteiger partial charge < -0.3 is 9.47 Å². The number of rotatable bonds is 2. The molecule has 0 amide bonds. The molecule has 130 valence electrons. The Balaban J connectivity index is 0.000000462. The first-order valence-electron chi connectivity index (χ1n) is 7.89. The Morgan fingerprint density at radius 1 is 0.833 bits per heavy atom. The fraction of sp³-hybridized carbons (Fsp3) is 0.381. The molecule has 0 radical (unpaired) electrons. The van der Waals surface area contributed by atoms with Gasteiger partial charge in [0.25, 0.3) is 0 Å². The van der Waals surface area contributed by atoms with E-state index in [1.807, 2.05) is 45.0 Å². The Kier molecular flexibility index (Phi) is 7.83. The van der Waals surface area contributed by atoms with Crippen LogP contribution in [0, 0.1) is 13.8 Å². The summed E-state index contributed by atoms with van der Waals surface area (Å²) >= 11 is 0. The maximum Gasteiger partial charge on any atom is 1.00 e. The van der Waals surface area contributed by atoms with Crippen molar-refractivity contribution in [1.29, 1.82) is 0 Å². The van der Waals surface area contributed by atoms with Gasteiger partial charge in [-0.25, -0.2) is 0 Å². The normalized spacial score (nSPS) is 19.8. The van der Waals surface area contributed by atoms with Crippen LogP contribution in [0.5, 0.6) is 0 Å². The van der Waals surface area contributed by atoms with E-state index in [4.69, 9.17) is 9.47 Å². The highest BCUT2D eigenvalue weighted by molar-refractivity contribution is 5.74. The highest BCUT2D eigenvalue weighted by atomic mass is 16.7. The van der Waals surface area contributed by atoms with Crippen molar-refractivity contribution in [2.24, 2.45) is 0 Å². The number of hydrogen-bond donors (Lipinski definition) is 0. The van der Waals surface area contributed by atoms with Crippen LogP contribution in [0.15, 0.2) is 48.5 Å². The molecule has 3 heteroatoms.